The van der Waals surface area contributed by atoms with Gasteiger partial charge in [0.25, 0.3) is 0 Å². The number of pyridine rings is 1. The summed E-state index contributed by atoms with van der Waals surface area (Å²) in [5.41, 5.74) is -7.32. The van der Waals surface area contributed by atoms with Crippen LogP contribution in [0.4, 0.5) is 22.0 Å². The molecule has 0 radical (unpaired) electrons. The summed E-state index contributed by atoms with van der Waals surface area (Å²) < 4.78 is 77.4. The number of esters is 2. The summed E-state index contributed by atoms with van der Waals surface area (Å²) in [5.74, 6) is -11.5. The summed E-state index contributed by atoms with van der Waals surface area (Å²) in [6.45, 7) is 2.95. The third kappa shape index (κ3) is 4.37. The molecule has 0 aliphatic heterocycles. The lowest BCUT2D eigenvalue weighted by atomic mass is 9.89. The summed E-state index contributed by atoms with van der Waals surface area (Å²) >= 11 is 0. The Hall–Kier alpha value is -2.79. The molecule has 1 aromatic rings. The highest BCUT2D eigenvalue weighted by atomic mass is 19.4. The Kier molecular flexibility index (Phi) is 6.70. The molecule has 0 spiro atoms. The summed E-state index contributed by atoms with van der Waals surface area (Å²) in [4.78, 5) is 37.8. The number of aromatic nitrogens is 1. The van der Waals surface area contributed by atoms with E-state index in [0.717, 1.165) is 14.2 Å². The first-order valence-electron chi connectivity index (χ1n) is 7.62. The Morgan fingerprint density at radius 2 is 1.39 bits per heavy atom. The first kappa shape index (κ1) is 23.2. The summed E-state index contributed by atoms with van der Waals surface area (Å²) in [5, 5.41) is 8.75. The maximum absolute atomic E-state index is 14.2. The summed E-state index contributed by atoms with van der Waals surface area (Å²) in [7, 11) is 1.50. The number of carboxylic acid groups (broad SMARTS) is 1. The SMILES string of the molecule is COC(=O)c1c(C(F)(F)F)nc(C(F)(F)C(=O)O)c(C(=O)OC)c1CC(C)C. The van der Waals surface area contributed by atoms with Gasteiger partial charge in [-0.2, -0.15) is 22.0 Å². The van der Waals surface area contributed by atoms with Crippen LogP contribution >= 0.6 is 0 Å². The van der Waals surface area contributed by atoms with Crippen molar-refractivity contribution in [1.82, 2.24) is 4.98 Å². The molecule has 0 aliphatic rings. The van der Waals surface area contributed by atoms with Gasteiger partial charge in [0.2, 0.25) is 0 Å². The fourth-order valence-corrected chi connectivity index (χ4v) is 2.42. The highest BCUT2D eigenvalue weighted by Crippen LogP contribution is 2.40. The van der Waals surface area contributed by atoms with Gasteiger partial charge in [0.05, 0.1) is 25.3 Å². The van der Waals surface area contributed by atoms with E-state index in [1.165, 1.54) is 13.8 Å². The molecule has 0 unspecified atom stereocenters. The lowest BCUT2D eigenvalue weighted by molar-refractivity contribution is -0.167. The minimum atomic E-state index is -5.42. The third-order valence-corrected chi connectivity index (χ3v) is 3.53. The normalized spacial score (nSPS) is 12.1. The molecule has 28 heavy (non-hydrogen) atoms. The fraction of sp³-hybridized carbons (Fsp3) is 0.500. The molecule has 0 amide bonds. The Bertz CT molecular complexity index is 804. The summed E-state index contributed by atoms with van der Waals surface area (Å²) in [6, 6.07) is 0. The zero-order chi connectivity index (χ0) is 22.0. The molecule has 0 saturated heterocycles. The molecule has 0 fully saturated rings. The number of halogens is 5. The van der Waals surface area contributed by atoms with Crippen molar-refractivity contribution in [3.63, 3.8) is 0 Å². The van der Waals surface area contributed by atoms with E-state index in [9.17, 15) is 36.3 Å². The van der Waals surface area contributed by atoms with E-state index < -0.39 is 70.4 Å². The van der Waals surface area contributed by atoms with Gasteiger partial charge in [-0.1, -0.05) is 13.8 Å². The highest BCUT2D eigenvalue weighted by Gasteiger charge is 2.51. The molecular formula is C16H16F5NO6. The number of hydrogen-bond donors (Lipinski definition) is 1. The molecular weight excluding hydrogens is 397 g/mol. The van der Waals surface area contributed by atoms with Crippen LogP contribution in [0.15, 0.2) is 0 Å². The minimum absolute atomic E-state index is 0.469. The van der Waals surface area contributed by atoms with Gasteiger partial charge in [0, 0.05) is 0 Å². The Morgan fingerprint density at radius 3 is 1.71 bits per heavy atom. The van der Waals surface area contributed by atoms with E-state index >= 15 is 0 Å². The fourth-order valence-electron chi connectivity index (χ4n) is 2.42. The maximum Gasteiger partial charge on any atom is 0.434 e. The molecule has 0 bridgehead atoms. The lowest BCUT2D eigenvalue weighted by Gasteiger charge is -2.23. The van der Waals surface area contributed by atoms with Gasteiger partial charge >= 0.3 is 30.0 Å². The van der Waals surface area contributed by atoms with Crippen LogP contribution in [0, 0.1) is 5.92 Å². The minimum Gasteiger partial charge on any atom is -0.476 e. The number of nitrogens with zero attached hydrogens (tertiary/aromatic N) is 1. The number of carbonyl (C=O) groups excluding carboxylic acids is 2. The topological polar surface area (TPSA) is 103 Å². The first-order chi connectivity index (χ1) is 12.7. The molecule has 7 nitrogen and oxygen atoms in total. The maximum atomic E-state index is 14.2. The van der Waals surface area contributed by atoms with Crippen LogP contribution in [0.2, 0.25) is 0 Å². The van der Waals surface area contributed by atoms with Crippen LogP contribution in [0.1, 0.15) is 51.5 Å². The van der Waals surface area contributed by atoms with Gasteiger partial charge in [0.15, 0.2) is 5.69 Å². The zero-order valence-electron chi connectivity index (χ0n) is 15.1. The van der Waals surface area contributed by atoms with Crippen LogP contribution in [-0.2, 0) is 32.8 Å². The highest BCUT2D eigenvalue weighted by molar-refractivity contribution is 6.00. The number of ether oxygens (including phenoxy) is 2. The second-order valence-electron chi connectivity index (χ2n) is 6.00. The van der Waals surface area contributed by atoms with E-state index in [1.807, 2.05) is 0 Å². The smallest absolute Gasteiger partial charge is 0.434 e. The largest absolute Gasteiger partial charge is 0.476 e. The van der Waals surface area contributed by atoms with Crippen LogP contribution in [0.5, 0.6) is 0 Å². The second kappa shape index (κ2) is 8.07. The third-order valence-electron chi connectivity index (χ3n) is 3.53. The number of carboxylic acids is 1. The van der Waals surface area contributed by atoms with Gasteiger partial charge in [0.1, 0.15) is 5.69 Å². The monoisotopic (exact) mass is 413 g/mol. The summed E-state index contributed by atoms with van der Waals surface area (Å²) in [6.07, 6.45) is -5.89. The molecule has 0 aliphatic carbocycles. The van der Waals surface area contributed by atoms with Crippen LogP contribution in [0.3, 0.4) is 0 Å². The van der Waals surface area contributed by atoms with Crippen LogP contribution in [-0.4, -0.2) is 42.2 Å². The van der Waals surface area contributed by atoms with Crippen LogP contribution in [0.25, 0.3) is 0 Å². The molecule has 0 atom stereocenters. The number of hydrogen-bond acceptors (Lipinski definition) is 6. The van der Waals surface area contributed by atoms with Crippen molar-refractivity contribution in [2.75, 3.05) is 14.2 Å². The molecule has 12 heteroatoms. The Balaban J connectivity index is 4.27. The van der Waals surface area contributed by atoms with Crippen molar-refractivity contribution in [2.24, 2.45) is 5.92 Å². The van der Waals surface area contributed by atoms with E-state index in [-0.39, 0.29) is 0 Å². The molecule has 0 aromatic carbocycles. The van der Waals surface area contributed by atoms with Gasteiger partial charge in [-0.25, -0.2) is 19.4 Å². The van der Waals surface area contributed by atoms with Crippen molar-refractivity contribution < 1.29 is 50.9 Å². The number of aliphatic carboxylic acids is 1. The van der Waals surface area contributed by atoms with Gasteiger partial charge in [-0.05, 0) is 17.9 Å². The predicted octanol–water partition coefficient (Wildman–Crippen LogP) is 3.05. The molecule has 1 aromatic heterocycles. The van der Waals surface area contributed by atoms with Gasteiger partial charge in [-0.15, -0.1) is 0 Å². The quantitative estimate of drug-likeness (QED) is 0.565. The zero-order valence-corrected chi connectivity index (χ0v) is 15.1. The Morgan fingerprint density at radius 1 is 0.964 bits per heavy atom. The van der Waals surface area contributed by atoms with E-state index in [4.69, 9.17) is 5.11 Å². The molecule has 156 valence electrons. The van der Waals surface area contributed by atoms with Crippen molar-refractivity contribution >= 4 is 17.9 Å². The van der Waals surface area contributed by atoms with Gasteiger partial charge in [-0.3, -0.25) is 0 Å². The van der Waals surface area contributed by atoms with Crippen LogP contribution < -0.4 is 0 Å². The second-order valence-corrected chi connectivity index (χ2v) is 6.00. The average Bonchev–Trinajstić information content (AvgIpc) is 2.57. The first-order valence-corrected chi connectivity index (χ1v) is 7.62. The van der Waals surface area contributed by atoms with E-state index in [2.05, 4.69) is 14.5 Å². The van der Waals surface area contributed by atoms with Crippen molar-refractivity contribution in [2.45, 2.75) is 32.4 Å². The molecule has 1 rings (SSSR count). The number of carbonyl (C=O) groups is 3. The number of alkyl halides is 5. The van der Waals surface area contributed by atoms with E-state index in [1.54, 1.807) is 0 Å². The predicted molar refractivity (Wildman–Crippen MR) is 82.0 cm³/mol. The number of rotatable bonds is 6. The standard InChI is InChI=1S/C16H16F5NO6/c1-6(2)5-7-8(12(23)27-3)10(15(17,18)14(25)26)22-11(16(19,20)21)9(7)13(24)28-4/h6H,5H2,1-4H3,(H,25,26). The van der Waals surface area contributed by atoms with Crippen molar-refractivity contribution in [1.29, 1.82) is 0 Å². The average molecular weight is 413 g/mol. The lowest BCUT2D eigenvalue weighted by Crippen LogP contribution is -2.33. The van der Waals surface area contributed by atoms with Gasteiger partial charge < -0.3 is 14.6 Å². The molecule has 0 saturated carbocycles. The molecule has 1 heterocycles. The Labute approximate surface area is 155 Å². The molecule has 1 N–H and O–H groups in total. The van der Waals surface area contributed by atoms with Crippen molar-refractivity contribution in [3.8, 4) is 0 Å². The van der Waals surface area contributed by atoms with Crippen molar-refractivity contribution in [3.05, 3.63) is 28.1 Å². The van der Waals surface area contributed by atoms with E-state index in [0.29, 0.717) is 0 Å². The number of methoxy groups -OCH3 is 2.